The molecule has 0 amide bonds. The molecule has 0 unspecified atom stereocenters. The van der Waals surface area contributed by atoms with Crippen molar-refractivity contribution in [2.75, 3.05) is 22.6 Å². The third-order valence-corrected chi connectivity index (χ3v) is 4.89. The molecule has 0 aromatic heterocycles. The molecular weight excluding hydrogens is 344 g/mol. The Kier molecular flexibility index (Phi) is 3.80. The van der Waals surface area contributed by atoms with Gasteiger partial charge in [-0.3, -0.25) is 14.8 Å². The minimum atomic E-state index is -3.69. The molecule has 1 heterocycles. The van der Waals surface area contributed by atoms with Gasteiger partial charge in [0.25, 0.3) is 5.69 Å². The fourth-order valence-electron chi connectivity index (χ4n) is 1.51. The first-order chi connectivity index (χ1) is 8.93. The van der Waals surface area contributed by atoms with Crippen LogP contribution in [0.3, 0.4) is 0 Å². The lowest BCUT2D eigenvalue weighted by atomic mass is 10.2. The van der Waals surface area contributed by atoms with Crippen LogP contribution >= 0.6 is 15.9 Å². The number of alkyl halides is 1. The summed E-state index contributed by atoms with van der Waals surface area (Å²) in [6.07, 6.45) is 0. The van der Waals surface area contributed by atoms with E-state index in [1.807, 2.05) is 0 Å². The highest BCUT2D eigenvalue weighted by Gasteiger charge is 2.24. The minimum Gasteiger partial charge on any atom is -0.486 e. The van der Waals surface area contributed by atoms with Crippen molar-refractivity contribution in [3.05, 3.63) is 22.2 Å². The number of halogens is 1. The summed E-state index contributed by atoms with van der Waals surface area (Å²) in [4.78, 5) is 10.3. The first-order valence-electron chi connectivity index (χ1n) is 5.07. The van der Waals surface area contributed by atoms with E-state index in [0.717, 1.165) is 6.07 Å². The molecule has 0 spiro atoms. The number of anilines is 1. The molecule has 0 bridgehead atoms. The monoisotopic (exact) mass is 352 g/mol. The van der Waals surface area contributed by atoms with Crippen LogP contribution < -0.4 is 14.2 Å². The molecule has 2 rings (SSSR count). The Bertz CT molecular complexity index is 617. The van der Waals surface area contributed by atoms with Gasteiger partial charge in [0, 0.05) is 6.07 Å². The van der Waals surface area contributed by atoms with Gasteiger partial charge in [-0.15, -0.1) is 0 Å². The fraction of sp³-hybridized carbons (Fsp3) is 0.333. The highest BCUT2D eigenvalue weighted by Crippen LogP contribution is 2.39. The molecule has 1 aromatic carbocycles. The van der Waals surface area contributed by atoms with Crippen LogP contribution in [0.5, 0.6) is 11.5 Å². The number of fused-ring (bicyclic) bond motifs is 1. The predicted octanol–water partition coefficient (Wildman–Crippen LogP) is 1.46. The van der Waals surface area contributed by atoms with Crippen molar-refractivity contribution in [3.63, 3.8) is 0 Å². The Balaban J connectivity index is 2.49. The minimum absolute atomic E-state index is 0.159. The second-order valence-electron chi connectivity index (χ2n) is 3.60. The molecule has 0 aliphatic carbocycles. The molecule has 0 saturated heterocycles. The smallest absolute Gasteiger partial charge is 0.297 e. The van der Waals surface area contributed by atoms with Gasteiger partial charge in [-0.25, -0.2) is 8.42 Å². The van der Waals surface area contributed by atoms with E-state index in [9.17, 15) is 18.5 Å². The number of nitro benzene ring substituents is 1. The first kappa shape index (κ1) is 13.9. The van der Waals surface area contributed by atoms with E-state index in [1.165, 1.54) is 6.07 Å². The van der Waals surface area contributed by atoms with Crippen molar-refractivity contribution >= 4 is 37.3 Å². The molecule has 104 valence electrons. The van der Waals surface area contributed by atoms with Gasteiger partial charge in [0.05, 0.1) is 11.0 Å². The van der Waals surface area contributed by atoms with Crippen molar-refractivity contribution in [2.24, 2.45) is 0 Å². The highest BCUT2D eigenvalue weighted by molar-refractivity contribution is 9.10. The van der Waals surface area contributed by atoms with Gasteiger partial charge in [0.1, 0.15) is 23.6 Å². The van der Waals surface area contributed by atoms with E-state index >= 15 is 0 Å². The first-order valence-corrected chi connectivity index (χ1v) is 7.85. The summed E-state index contributed by atoms with van der Waals surface area (Å²) in [5, 5.41) is 10.9. The SMILES string of the molecule is O=[N+]([O-])c1cc2c(cc1NS(=O)(=O)CBr)OCCO2. The van der Waals surface area contributed by atoms with Crippen LogP contribution in [0.2, 0.25) is 0 Å². The maximum absolute atomic E-state index is 11.5. The zero-order chi connectivity index (χ0) is 14.0. The summed E-state index contributed by atoms with van der Waals surface area (Å²) in [5.41, 5.74) is -0.553. The zero-order valence-corrected chi connectivity index (χ0v) is 11.9. The Morgan fingerprint density at radius 3 is 2.42 bits per heavy atom. The summed E-state index contributed by atoms with van der Waals surface area (Å²) in [5.74, 6) is 0.490. The van der Waals surface area contributed by atoms with Crippen LogP contribution in [0.1, 0.15) is 0 Å². The van der Waals surface area contributed by atoms with E-state index in [2.05, 4.69) is 20.7 Å². The largest absolute Gasteiger partial charge is 0.486 e. The summed E-state index contributed by atoms with van der Waals surface area (Å²) < 4.78 is 35.1. The van der Waals surface area contributed by atoms with Gasteiger partial charge in [-0.05, 0) is 0 Å². The van der Waals surface area contributed by atoms with Crippen LogP contribution in [-0.2, 0) is 10.0 Å². The summed E-state index contributed by atoms with van der Waals surface area (Å²) >= 11 is 2.79. The molecule has 1 aromatic rings. The third kappa shape index (κ3) is 3.07. The maximum Gasteiger partial charge on any atom is 0.297 e. The number of hydrogen-bond acceptors (Lipinski definition) is 6. The Labute approximate surface area is 117 Å². The normalized spacial score (nSPS) is 13.9. The van der Waals surface area contributed by atoms with Gasteiger partial charge < -0.3 is 9.47 Å². The van der Waals surface area contributed by atoms with Crippen molar-refractivity contribution in [1.29, 1.82) is 0 Å². The summed E-state index contributed by atoms with van der Waals surface area (Å²) in [6, 6.07) is 2.38. The zero-order valence-electron chi connectivity index (χ0n) is 9.46. The average Bonchev–Trinajstić information content (AvgIpc) is 2.37. The number of rotatable bonds is 4. The number of nitrogens with zero attached hydrogens (tertiary/aromatic N) is 1. The topological polar surface area (TPSA) is 108 Å². The van der Waals surface area contributed by atoms with E-state index in [4.69, 9.17) is 9.47 Å². The third-order valence-electron chi connectivity index (χ3n) is 2.27. The average molecular weight is 353 g/mol. The number of hydrogen-bond donors (Lipinski definition) is 1. The molecule has 0 saturated carbocycles. The lowest BCUT2D eigenvalue weighted by molar-refractivity contribution is -0.384. The molecule has 0 radical (unpaired) electrons. The fourth-order valence-corrected chi connectivity index (χ4v) is 2.40. The Morgan fingerprint density at radius 2 is 1.89 bits per heavy atom. The maximum atomic E-state index is 11.5. The Hall–Kier alpha value is -1.55. The molecule has 19 heavy (non-hydrogen) atoms. The van der Waals surface area contributed by atoms with Gasteiger partial charge in [-0.2, -0.15) is 0 Å². The van der Waals surface area contributed by atoms with Crippen molar-refractivity contribution in [2.45, 2.75) is 0 Å². The van der Waals surface area contributed by atoms with E-state index in [-0.39, 0.29) is 28.5 Å². The second kappa shape index (κ2) is 5.21. The van der Waals surface area contributed by atoms with Gasteiger partial charge in [-0.1, -0.05) is 15.9 Å². The lowest BCUT2D eigenvalue weighted by Crippen LogP contribution is -2.18. The van der Waals surface area contributed by atoms with Gasteiger partial charge in [0.2, 0.25) is 10.0 Å². The van der Waals surface area contributed by atoms with Crippen LogP contribution in [0, 0.1) is 10.1 Å². The molecule has 8 nitrogen and oxygen atoms in total. The van der Waals surface area contributed by atoms with Crippen molar-refractivity contribution in [3.8, 4) is 11.5 Å². The van der Waals surface area contributed by atoms with Gasteiger partial charge in [0.15, 0.2) is 11.5 Å². The molecule has 1 N–H and O–H groups in total. The van der Waals surface area contributed by atoms with E-state index in [1.54, 1.807) is 0 Å². The van der Waals surface area contributed by atoms with Crippen LogP contribution in [-0.4, -0.2) is 31.2 Å². The van der Waals surface area contributed by atoms with E-state index in [0.29, 0.717) is 6.61 Å². The number of benzene rings is 1. The van der Waals surface area contributed by atoms with Crippen LogP contribution in [0.15, 0.2) is 12.1 Å². The quantitative estimate of drug-likeness (QED) is 0.499. The lowest BCUT2D eigenvalue weighted by Gasteiger charge is -2.19. The van der Waals surface area contributed by atoms with E-state index < -0.39 is 20.6 Å². The van der Waals surface area contributed by atoms with Gasteiger partial charge >= 0.3 is 0 Å². The molecule has 0 fully saturated rings. The standard InChI is InChI=1S/C9H9BrN2O6S/c10-5-19(15,16)11-6-3-8-9(18-2-1-17-8)4-7(6)12(13)14/h3-4,11H,1-2,5H2. The molecule has 1 aliphatic rings. The second-order valence-corrected chi connectivity index (χ2v) is 6.62. The molecular formula is C9H9BrN2O6S. The molecule has 10 heteroatoms. The highest BCUT2D eigenvalue weighted by atomic mass is 79.9. The summed E-state index contributed by atoms with van der Waals surface area (Å²) in [6.45, 7) is 0.589. The number of nitrogens with one attached hydrogen (secondary N) is 1. The van der Waals surface area contributed by atoms with Crippen LogP contribution in [0.4, 0.5) is 11.4 Å². The summed E-state index contributed by atoms with van der Waals surface area (Å²) in [7, 11) is -3.69. The molecule has 1 aliphatic heterocycles. The number of nitro groups is 1. The predicted molar refractivity (Wildman–Crippen MR) is 70.4 cm³/mol. The van der Waals surface area contributed by atoms with Crippen molar-refractivity contribution < 1.29 is 22.8 Å². The Morgan fingerprint density at radius 1 is 1.32 bits per heavy atom. The van der Waals surface area contributed by atoms with Crippen LogP contribution in [0.25, 0.3) is 0 Å². The number of ether oxygens (including phenoxy) is 2. The van der Waals surface area contributed by atoms with Crippen molar-refractivity contribution in [1.82, 2.24) is 0 Å². The molecule has 0 atom stereocenters. The number of sulfonamides is 1.